The molecule has 132 valence electrons. The maximum absolute atomic E-state index is 12.0. The normalized spacial score (nSPS) is 10.3. The van der Waals surface area contributed by atoms with E-state index in [2.05, 4.69) is 10.3 Å². The highest BCUT2D eigenvalue weighted by Gasteiger charge is 2.17. The number of carbonyl (C=O) groups excluding carboxylic acids is 2. The van der Waals surface area contributed by atoms with Gasteiger partial charge in [-0.05, 0) is 29.1 Å². The molecule has 6 nitrogen and oxygen atoms in total. The van der Waals surface area contributed by atoms with Crippen LogP contribution in [0.5, 0.6) is 0 Å². The van der Waals surface area contributed by atoms with E-state index in [0.29, 0.717) is 5.69 Å². The van der Waals surface area contributed by atoms with Gasteiger partial charge in [0.15, 0.2) is 0 Å². The Morgan fingerprint density at radius 1 is 1.08 bits per heavy atom. The monoisotopic (exact) mass is 368 g/mol. The van der Waals surface area contributed by atoms with Crippen LogP contribution in [0.4, 0.5) is 10.5 Å². The number of aliphatic hydroxyl groups is 1. The zero-order valence-electron chi connectivity index (χ0n) is 13.7. The number of carbonyl (C=O) groups is 2. The number of thiophene rings is 1. The number of aromatic nitrogens is 1. The number of hydrogen-bond acceptors (Lipinski definition) is 6. The van der Waals surface area contributed by atoms with Gasteiger partial charge >= 0.3 is 6.09 Å². The second-order valence-corrected chi connectivity index (χ2v) is 6.29. The van der Waals surface area contributed by atoms with Crippen molar-refractivity contribution >= 4 is 28.9 Å². The van der Waals surface area contributed by atoms with E-state index in [1.165, 1.54) is 11.3 Å². The van der Waals surface area contributed by atoms with Crippen molar-refractivity contribution < 1.29 is 19.4 Å². The third kappa shape index (κ3) is 4.33. The molecule has 7 heteroatoms. The Kier molecular flexibility index (Phi) is 5.73. The van der Waals surface area contributed by atoms with Gasteiger partial charge in [0.25, 0.3) is 0 Å². The van der Waals surface area contributed by atoms with Gasteiger partial charge < -0.3 is 9.84 Å². The summed E-state index contributed by atoms with van der Waals surface area (Å²) < 4.78 is 5.15. The minimum absolute atomic E-state index is 0.00457. The lowest BCUT2D eigenvalue weighted by Gasteiger charge is -2.11. The molecule has 2 N–H and O–H groups in total. The quantitative estimate of drug-likeness (QED) is 0.647. The average Bonchev–Trinajstić information content (AvgIpc) is 3.21. The van der Waals surface area contributed by atoms with Crippen molar-refractivity contribution in [3.63, 3.8) is 0 Å². The Hall–Kier alpha value is -3.03. The van der Waals surface area contributed by atoms with Gasteiger partial charge in [0.05, 0.1) is 16.3 Å². The topological polar surface area (TPSA) is 88.5 Å². The standard InChI is InChI=1S/C19H16N2O4S/c22-11-16(23)18-15(9-8-14(20-18)17-7-4-10-26-17)21-19(24)25-12-13-5-2-1-3-6-13/h1-10,22H,11-12H2,(H,21,24). The summed E-state index contributed by atoms with van der Waals surface area (Å²) in [7, 11) is 0. The molecule has 0 aliphatic rings. The lowest BCUT2D eigenvalue weighted by atomic mass is 10.2. The fraction of sp³-hybridized carbons (Fsp3) is 0.105. The van der Waals surface area contributed by atoms with Crippen molar-refractivity contribution in [2.75, 3.05) is 11.9 Å². The van der Waals surface area contributed by atoms with Crippen molar-refractivity contribution in [3.8, 4) is 10.6 Å². The number of aliphatic hydroxyl groups excluding tert-OH is 1. The van der Waals surface area contributed by atoms with Crippen LogP contribution in [0.1, 0.15) is 16.1 Å². The van der Waals surface area contributed by atoms with Crippen LogP contribution in [0, 0.1) is 0 Å². The molecular formula is C19H16N2O4S. The first-order chi connectivity index (χ1) is 12.7. The van der Waals surface area contributed by atoms with Gasteiger partial charge in [0.2, 0.25) is 5.78 Å². The van der Waals surface area contributed by atoms with E-state index in [9.17, 15) is 14.7 Å². The molecule has 1 aromatic carbocycles. The van der Waals surface area contributed by atoms with Crippen LogP contribution in [0.2, 0.25) is 0 Å². The fourth-order valence-corrected chi connectivity index (χ4v) is 2.97. The van der Waals surface area contributed by atoms with E-state index in [-0.39, 0.29) is 18.0 Å². The molecule has 0 fully saturated rings. The number of pyridine rings is 1. The molecular weight excluding hydrogens is 352 g/mol. The molecule has 2 aromatic heterocycles. The Balaban J connectivity index is 1.75. The van der Waals surface area contributed by atoms with Gasteiger partial charge in [-0.2, -0.15) is 0 Å². The average molecular weight is 368 g/mol. The molecule has 0 atom stereocenters. The van der Waals surface area contributed by atoms with Crippen LogP contribution in [0.25, 0.3) is 10.6 Å². The van der Waals surface area contributed by atoms with Gasteiger partial charge in [-0.3, -0.25) is 10.1 Å². The summed E-state index contributed by atoms with van der Waals surface area (Å²) in [6.07, 6.45) is -0.702. The molecule has 0 radical (unpaired) electrons. The molecule has 0 saturated heterocycles. The minimum Gasteiger partial charge on any atom is -0.444 e. The highest BCUT2D eigenvalue weighted by atomic mass is 32.1. The molecule has 0 spiro atoms. The summed E-state index contributed by atoms with van der Waals surface area (Å²) >= 11 is 1.48. The summed E-state index contributed by atoms with van der Waals surface area (Å²) in [4.78, 5) is 29.2. The van der Waals surface area contributed by atoms with Crippen LogP contribution in [0.15, 0.2) is 60.0 Å². The van der Waals surface area contributed by atoms with Crippen molar-refractivity contribution in [1.82, 2.24) is 4.98 Å². The van der Waals surface area contributed by atoms with E-state index in [0.717, 1.165) is 10.4 Å². The Morgan fingerprint density at radius 2 is 1.88 bits per heavy atom. The molecule has 0 unspecified atom stereocenters. The summed E-state index contributed by atoms with van der Waals surface area (Å²) in [5.74, 6) is -0.582. The zero-order chi connectivity index (χ0) is 18.4. The lowest BCUT2D eigenvalue weighted by Crippen LogP contribution is -2.18. The van der Waals surface area contributed by atoms with Gasteiger partial charge in [-0.25, -0.2) is 9.78 Å². The highest BCUT2D eigenvalue weighted by molar-refractivity contribution is 7.13. The van der Waals surface area contributed by atoms with Crippen molar-refractivity contribution in [2.45, 2.75) is 6.61 Å². The third-order valence-electron chi connectivity index (χ3n) is 3.53. The first kappa shape index (κ1) is 17.8. The smallest absolute Gasteiger partial charge is 0.412 e. The lowest BCUT2D eigenvalue weighted by molar-refractivity contribution is 0.0899. The zero-order valence-corrected chi connectivity index (χ0v) is 14.5. The van der Waals surface area contributed by atoms with E-state index in [1.54, 1.807) is 12.1 Å². The summed E-state index contributed by atoms with van der Waals surface area (Å²) in [5, 5.41) is 13.6. The number of amides is 1. The Morgan fingerprint density at radius 3 is 2.58 bits per heavy atom. The molecule has 0 bridgehead atoms. The third-order valence-corrected chi connectivity index (χ3v) is 4.42. The maximum atomic E-state index is 12.0. The molecule has 1 amide bonds. The molecule has 2 heterocycles. The number of benzene rings is 1. The number of hydrogen-bond donors (Lipinski definition) is 2. The van der Waals surface area contributed by atoms with E-state index in [1.807, 2.05) is 47.8 Å². The molecule has 0 aliphatic heterocycles. The van der Waals surface area contributed by atoms with Crippen molar-refractivity contribution in [2.24, 2.45) is 0 Å². The number of nitrogens with one attached hydrogen (secondary N) is 1. The molecule has 26 heavy (non-hydrogen) atoms. The predicted molar refractivity (Wildman–Crippen MR) is 99.2 cm³/mol. The fourth-order valence-electron chi connectivity index (χ4n) is 2.28. The van der Waals surface area contributed by atoms with Gasteiger partial charge in [0, 0.05) is 0 Å². The van der Waals surface area contributed by atoms with E-state index < -0.39 is 18.5 Å². The SMILES string of the molecule is O=C(Nc1ccc(-c2cccs2)nc1C(=O)CO)OCc1ccccc1. The number of anilines is 1. The summed E-state index contributed by atoms with van der Waals surface area (Å²) in [5.41, 5.74) is 1.64. The minimum atomic E-state index is -0.702. The van der Waals surface area contributed by atoms with Crippen LogP contribution in [-0.2, 0) is 11.3 Å². The number of Topliss-reactive ketones (excluding diaryl/α,β-unsaturated/α-hetero) is 1. The van der Waals surface area contributed by atoms with Crippen LogP contribution in [-0.4, -0.2) is 28.6 Å². The molecule has 0 aliphatic carbocycles. The predicted octanol–water partition coefficient (Wildman–Crippen LogP) is 3.73. The van der Waals surface area contributed by atoms with E-state index >= 15 is 0 Å². The first-order valence-corrected chi connectivity index (χ1v) is 8.72. The van der Waals surface area contributed by atoms with E-state index in [4.69, 9.17) is 4.74 Å². The summed E-state index contributed by atoms with van der Waals surface area (Å²) in [6, 6.07) is 16.3. The molecule has 0 saturated carbocycles. The number of ketones is 1. The number of nitrogens with zero attached hydrogens (tertiary/aromatic N) is 1. The number of ether oxygens (including phenoxy) is 1. The Labute approximate surface area is 154 Å². The summed E-state index contributed by atoms with van der Waals surface area (Å²) in [6.45, 7) is -0.592. The van der Waals surface area contributed by atoms with Gasteiger partial charge in [-0.15, -0.1) is 11.3 Å². The van der Waals surface area contributed by atoms with Crippen LogP contribution < -0.4 is 5.32 Å². The molecule has 3 aromatic rings. The van der Waals surface area contributed by atoms with Crippen LogP contribution >= 0.6 is 11.3 Å². The largest absolute Gasteiger partial charge is 0.444 e. The van der Waals surface area contributed by atoms with Gasteiger partial charge in [0.1, 0.15) is 18.9 Å². The van der Waals surface area contributed by atoms with Crippen molar-refractivity contribution in [3.05, 3.63) is 71.2 Å². The number of rotatable bonds is 6. The molecule has 3 rings (SSSR count). The first-order valence-electron chi connectivity index (χ1n) is 7.84. The van der Waals surface area contributed by atoms with Gasteiger partial charge in [-0.1, -0.05) is 36.4 Å². The highest BCUT2D eigenvalue weighted by Crippen LogP contribution is 2.26. The maximum Gasteiger partial charge on any atom is 0.412 e. The Bertz CT molecular complexity index is 895. The second kappa shape index (κ2) is 8.37. The second-order valence-electron chi connectivity index (χ2n) is 5.34. The van der Waals surface area contributed by atoms with Crippen LogP contribution in [0.3, 0.4) is 0 Å². The van der Waals surface area contributed by atoms with Crippen molar-refractivity contribution in [1.29, 1.82) is 0 Å².